The molecule has 0 bridgehead atoms. The van der Waals surface area contributed by atoms with Crippen molar-refractivity contribution in [2.45, 2.75) is 31.7 Å². The van der Waals surface area contributed by atoms with Crippen LogP contribution >= 0.6 is 22.9 Å². The Balaban J connectivity index is 1.77. The van der Waals surface area contributed by atoms with Crippen molar-refractivity contribution in [3.05, 3.63) is 22.3 Å². The SMILES string of the molecule is CCC1=C(C)N2C(=O)C(NC(=O)/C(=N\OC)c3csc(NC(=O)CCl)n3)C2S(=O)C1. The predicted octanol–water partition coefficient (Wildman–Crippen LogP) is 0.770. The van der Waals surface area contributed by atoms with Crippen molar-refractivity contribution in [2.75, 3.05) is 24.1 Å². The summed E-state index contributed by atoms with van der Waals surface area (Å²) >= 11 is 6.53. The molecular weight excluding hydrogens is 454 g/mol. The van der Waals surface area contributed by atoms with Crippen LogP contribution in [0.2, 0.25) is 0 Å². The van der Waals surface area contributed by atoms with Gasteiger partial charge in [-0.15, -0.1) is 22.9 Å². The highest BCUT2D eigenvalue weighted by atomic mass is 35.5. The van der Waals surface area contributed by atoms with Crippen molar-refractivity contribution in [1.29, 1.82) is 0 Å². The number of fused-ring (bicyclic) bond motifs is 1. The maximum atomic E-state index is 12.8. The fraction of sp³-hybridized carbons (Fsp3) is 0.471. The summed E-state index contributed by atoms with van der Waals surface area (Å²) in [6.07, 6.45) is 0.710. The number of aromatic nitrogens is 1. The molecule has 3 amide bonds. The molecule has 1 aromatic heterocycles. The normalized spacial score (nSPS) is 23.6. The number of β-lactam (4-membered cyclic amide) rings is 1. The van der Waals surface area contributed by atoms with Crippen LogP contribution < -0.4 is 10.6 Å². The molecule has 2 aliphatic rings. The van der Waals surface area contributed by atoms with E-state index in [1.807, 2.05) is 13.8 Å². The van der Waals surface area contributed by atoms with Crippen LogP contribution in [0, 0.1) is 0 Å². The summed E-state index contributed by atoms with van der Waals surface area (Å²) in [5.41, 5.74) is 1.75. The number of anilines is 1. The van der Waals surface area contributed by atoms with E-state index in [0.717, 1.165) is 22.6 Å². The number of alkyl halides is 1. The molecule has 1 aromatic rings. The van der Waals surface area contributed by atoms with Gasteiger partial charge in [-0.2, -0.15) is 0 Å². The van der Waals surface area contributed by atoms with Gasteiger partial charge in [0, 0.05) is 16.8 Å². The monoisotopic (exact) mass is 473 g/mol. The van der Waals surface area contributed by atoms with Crippen LogP contribution in [0.3, 0.4) is 0 Å². The second-order valence-corrected chi connectivity index (χ2v) is 9.12. The molecule has 162 valence electrons. The number of rotatable bonds is 7. The lowest BCUT2D eigenvalue weighted by Crippen LogP contribution is -2.73. The third-order valence-corrected chi connectivity index (χ3v) is 7.38. The average molecular weight is 474 g/mol. The number of carbonyl (C=O) groups excluding carboxylic acids is 3. The molecule has 3 atom stereocenters. The summed E-state index contributed by atoms with van der Waals surface area (Å²) in [5, 5.41) is 9.91. The Labute approximate surface area is 184 Å². The molecule has 0 radical (unpaired) electrons. The molecule has 0 saturated carbocycles. The molecule has 0 spiro atoms. The van der Waals surface area contributed by atoms with Crippen molar-refractivity contribution in [3.63, 3.8) is 0 Å². The molecule has 0 aromatic carbocycles. The van der Waals surface area contributed by atoms with Gasteiger partial charge in [0.25, 0.3) is 11.8 Å². The van der Waals surface area contributed by atoms with E-state index in [1.54, 1.807) is 0 Å². The molecule has 0 aliphatic carbocycles. The largest absolute Gasteiger partial charge is 0.398 e. The van der Waals surface area contributed by atoms with E-state index in [1.165, 1.54) is 17.4 Å². The van der Waals surface area contributed by atoms with Gasteiger partial charge in [0.1, 0.15) is 30.1 Å². The van der Waals surface area contributed by atoms with Gasteiger partial charge in [0.05, 0.1) is 10.8 Å². The minimum atomic E-state index is -1.32. The zero-order valence-electron chi connectivity index (χ0n) is 16.4. The van der Waals surface area contributed by atoms with Gasteiger partial charge in [-0.05, 0) is 18.9 Å². The first-order valence-electron chi connectivity index (χ1n) is 8.94. The van der Waals surface area contributed by atoms with E-state index in [4.69, 9.17) is 16.4 Å². The summed E-state index contributed by atoms with van der Waals surface area (Å²) in [7, 11) is -0.0569. The molecular formula is C17H20ClN5O5S2. The zero-order chi connectivity index (χ0) is 22.0. The van der Waals surface area contributed by atoms with Crippen LogP contribution in [0.5, 0.6) is 0 Å². The Bertz CT molecular complexity index is 975. The molecule has 30 heavy (non-hydrogen) atoms. The van der Waals surface area contributed by atoms with E-state index in [2.05, 4.69) is 20.8 Å². The number of nitrogens with one attached hydrogen (secondary N) is 2. The minimum Gasteiger partial charge on any atom is -0.398 e. The van der Waals surface area contributed by atoms with Crippen LogP contribution in [0.4, 0.5) is 5.13 Å². The van der Waals surface area contributed by atoms with Gasteiger partial charge in [-0.25, -0.2) is 4.98 Å². The van der Waals surface area contributed by atoms with Gasteiger partial charge in [-0.1, -0.05) is 12.1 Å². The third kappa shape index (κ3) is 4.12. The summed E-state index contributed by atoms with van der Waals surface area (Å²) < 4.78 is 12.6. The summed E-state index contributed by atoms with van der Waals surface area (Å²) in [6, 6.07) is -0.928. The van der Waals surface area contributed by atoms with Gasteiger partial charge in [-0.3, -0.25) is 23.5 Å². The number of hydrogen-bond donors (Lipinski definition) is 2. The molecule has 2 N–H and O–H groups in total. The smallest absolute Gasteiger partial charge is 0.276 e. The number of allylic oxidation sites excluding steroid dienone is 1. The first kappa shape index (κ1) is 22.4. The highest BCUT2D eigenvalue weighted by Gasteiger charge is 2.54. The maximum absolute atomic E-state index is 12.8. The number of amides is 3. The topological polar surface area (TPSA) is 130 Å². The quantitative estimate of drug-likeness (QED) is 0.260. The second-order valence-electron chi connectivity index (χ2n) is 6.46. The van der Waals surface area contributed by atoms with Crippen LogP contribution in [0.15, 0.2) is 21.8 Å². The Hall–Kier alpha value is -2.31. The van der Waals surface area contributed by atoms with E-state index < -0.39 is 34.0 Å². The predicted molar refractivity (Wildman–Crippen MR) is 114 cm³/mol. The molecule has 1 saturated heterocycles. The van der Waals surface area contributed by atoms with Gasteiger partial charge < -0.3 is 15.5 Å². The van der Waals surface area contributed by atoms with Gasteiger partial charge in [0.15, 0.2) is 10.8 Å². The molecule has 10 nitrogen and oxygen atoms in total. The Morgan fingerprint density at radius 2 is 2.23 bits per heavy atom. The Kier molecular flexibility index (Phi) is 6.88. The van der Waals surface area contributed by atoms with Crippen LogP contribution in [-0.4, -0.2) is 67.7 Å². The minimum absolute atomic E-state index is 0.155. The summed E-state index contributed by atoms with van der Waals surface area (Å²) in [5.74, 6) is -1.33. The fourth-order valence-electron chi connectivity index (χ4n) is 3.21. The highest BCUT2D eigenvalue weighted by molar-refractivity contribution is 7.86. The zero-order valence-corrected chi connectivity index (χ0v) is 18.8. The van der Waals surface area contributed by atoms with Crippen molar-refractivity contribution in [1.82, 2.24) is 15.2 Å². The average Bonchev–Trinajstić information content (AvgIpc) is 3.18. The lowest BCUT2D eigenvalue weighted by atomic mass is 10.0. The fourth-order valence-corrected chi connectivity index (χ4v) is 5.90. The molecule has 13 heteroatoms. The highest BCUT2D eigenvalue weighted by Crippen LogP contribution is 2.35. The third-order valence-electron chi connectivity index (χ3n) is 4.73. The van der Waals surface area contributed by atoms with E-state index in [-0.39, 0.29) is 28.3 Å². The standard InChI is InChI=1S/C17H20ClN5O5S2/c1-4-9-7-30(27)16-13(15(26)23(16)8(9)2)21-14(25)12(22-28-3)10-6-29-17(19-10)20-11(24)5-18/h6,13,16H,4-5,7H2,1-3H3,(H,21,25)(H,19,20,24)/b22-12-. The lowest BCUT2D eigenvalue weighted by Gasteiger charge is -2.49. The van der Waals surface area contributed by atoms with Crippen LogP contribution in [0.25, 0.3) is 0 Å². The van der Waals surface area contributed by atoms with Crippen LogP contribution in [0.1, 0.15) is 26.0 Å². The first-order valence-corrected chi connectivity index (χ1v) is 11.7. The van der Waals surface area contributed by atoms with E-state index >= 15 is 0 Å². The Morgan fingerprint density at radius 3 is 2.87 bits per heavy atom. The maximum Gasteiger partial charge on any atom is 0.276 e. The van der Waals surface area contributed by atoms with Crippen molar-refractivity contribution >= 4 is 62.3 Å². The van der Waals surface area contributed by atoms with Crippen molar-refractivity contribution in [2.24, 2.45) is 5.16 Å². The molecule has 2 aliphatic heterocycles. The number of halogens is 1. The van der Waals surface area contributed by atoms with E-state index in [0.29, 0.717) is 12.2 Å². The van der Waals surface area contributed by atoms with Gasteiger partial charge >= 0.3 is 0 Å². The van der Waals surface area contributed by atoms with Crippen molar-refractivity contribution in [3.8, 4) is 0 Å². The first-order chi connectivity index (χ1) is 14.3. The second kappa shape index (κ2) is 9.23. The number of carbonyl (C=O) groups is 3. The molecule has 1 fully saturated rings. The number of oxime groups is 1. The number of nitrogens with zero attached hydrogens (tertiary/aromatic N) is 3. The lowest BCUT2D eigenvalue weighted by molar-refractivity contribution is -0.145. The van der Waals surface area contributed by atoms with Crippen LogP contribution in [-0.2, 0) is 30.0 Å². The summed E-state index contributed by atoms with van der Waals surface area (Å²) in [6.45, 7) is 3.77. The number of thiazole rings is 1. The van der Waals surface area contributed by atoms with Crippen molar-refractivity contribution < 1.29 is 23.4 Å². The van der Waals surface area contributed by atoms with Gasteiger partial charge in [0.2, 0.25) is 5.91 Å². The molecule has 3 unspecified atom stereocenters. The molecule has 3 rings (SSSR count). The Morgan fingerprint density at radius 1 is 1.50 bits per heavy atom. The number of hydrogen-bond acceptors (Lipinski definition) is 8. The summed E-state index contributed by atoms with van der Waals surface area (Å²) in [4.78, 5) is 47.2. The molecule has 3 heterocycles. The van der Waals surface area contributed by atoms with E-state index in [9.17, 15) is 18.6 Å².